The summed E-state index contributed by atoms with van der Waals surface area (Å²) in [4.78, 5) is 23.8. The number of carbonyl (C=O) groups is 2. The molecule has 0 unspecified atom stereocenters. The van der Waals surface area contributed by atoms with Crippen molar-refractivity contribution in [2.75, 3.05) is 7.11 Å². The molecular formula is C15H14NO3+. The van der Waals surface area contributed by atoms with Gasteiger partial charge in [0, 0.05) is 17.7 Å². The third-order valence-electron chi connectivity index (χ3n) is 2.74. The van der Waals surface area contributed by atoms with Gasteiger partial charge in [-0.25, -0.2) is 4.79 Å². The first-order chi connectivity index (χ1) is 9.22. The average molecular weight is 256 g/mol. The van der Waals surface area contributed by atoms with Gasteiger partial charge in [0.05, 0.1) is 12.7 Å². The van der Waals surface area contributed by atoms with Gasteiger partial charge in [-0.05, 0) is 6.07 Å². The Labute approximate surface area is 111 Å². The minimum Gasteiger partial charge on any atom is -0.465 e. The van der Waals surface area contributed by atoms with Gasteiger partial charge in [0.25, 0.3) is 0 Å². The van der Waals surface area contributed by atoms with Gasteiger partial charge in [-0.3, -0.25) is 4.79 Å². The molecule has 0 aliphatic heterocycles. The van der Waals surface area contributed by atoms with Crippen LogP contribution in [0.3, 0.4) is 0 Å². The molecule has 2 aromatic rings. The number of pyridine rings is 1. The molecule has 4 heteroatoms. The first kappa shape index (κ1) is 13.0. The van der Waals surface area contributed by atoms with Gasteiger partial charge in [0.15, 0.2) is 12.4 Å². The van der Waals surface area contributed by atoms with Crippen molar-refractivity contribution >= 4 is 11.8 Å². The molecule has 2 rings (SSSR count). The Morgan fingerprint density at radius 3 is 2.26 bits per heavy atom. The summed E-state index contributed by atoms with van der Waals surface area (Å²) in [6.07, 6.45) is 3.61. The van der Waals surface area contributed by atoms with Crippen molar-refractivity contribution in [2.24, 2.45) is 0 Å². The Balaban J connectivity index is 2.27. The zero-order chi connectivity index (χ0) is 13.7. The molecule has 0 aliphatic rings. The third-order valence-corrected chi connectivity index (χ3v) is 2.74. The number of ether oxygens (including phenoxy) is 1. The van der Waals surface area contributed by atoms with E-state index in [2.05, 4.69) is 4.74 Å². The number of hydrogen-bond donors (Lipinski definition) is 0. The molecule has 1 aromatic carbocycles. The molecule has 0 fully saturated rings. The second-order valence-corrected chi connectivity index (χ2v) is 4.01. The van der Waals surface area contributed by atoms with Crippen LogP contribution in [0, 0.1) is 0 Å². The largest absolute Gasteiger partial charge is 0.465 e. The molecular weight excluding hydrogens is 242 g/mol. The van der Waals surface area contributed by atoms with E-state index in [0.29, 0.717) is 11.1 Å². The maximum atomic E-state index is 12.2. The SMILES string of the molecule is COC(=O)c1ccccc1C(=O)C[n+]1ccccc1. The summed E-state index contributed by atoms with van der Waals surface area (Å²) >= 11 is 0. The molecule has 0 aliphatic carbocycles. The summed E-state index contributed by atoms with van der Waals surface area (Å²) in [5.74, 6) is -0.626. The van der Waals surface area contributed by atoms with Crippen molar-refractivity contribution in [2.45, 2.75) is 6.54 Å². The van der Waals surface area contributed by atoms with Crippen molar-refractivity contribution in [3.63, 3.8) is 0 Å². The Bertz CT molecular complexity index is 593. The number of nitrogens with zero attached hydrogens (tertiary/aromatic N) is 1. The van der Waals surface area contributed by atoms with Gasteiger partial charge in [-0.15, -0.1) is 0 Å². The summed E-state index contributed by atoms with van der Waals surface area (Å²) in [6.45, 7) is 0.189. The maximum absolute atomic E-state index is 12.2. The van der Waals surface area contributed by atoms with E-state index < -0.39 is 5.97 Å². The van der Waals surface area contributed by atoms with Crippen LogP contribution in [0.4, 0.5) is 0 Å². The molecule has 0 amide bonds. The standard InChI is InChI=1S/C15H14NO3/c1-19-15(18)13-8-4-3-7-12(13)14(17)11-16-9-5-2-6-10-16/h2-10H,11H2,1H3/q+1. The lowest BCUT2D eigenvalue weighted by atomic mass is 10.0. The molecule has 0 saturated carbocycles. The fraction of sp³-hybridized carbons (Fsp3) is 0.133. The lowest BCUT2D eigenvalue weighted by Crippen LogP contribution is -2.37. The van der Waals surface area contributed by atoms with Gasteiger partial charge in [-0.1, -0.05) is 24.3 Å². The number of Topliss-reactive ketones (excluding diaryl/α,β-unsaturated/α-hetero) is 1. The minimum atomic E-state index is -0.498. The van der Waals surface area contributed by atoms with E-state index >= 15 is 0 Å². The summed E-state index contributed by atoms with van der Waals surface area (Å²) in [5.41, 5.74) is 0.678. The molecule has 0 N–H and O–H groups in total. The molecule has 96 valence electrons. The molecule has 0 spiro atoms. The number of aromatic nitrogens is 1. The van der Waals surface area contributed by atoms with E-state index in [1.807, 2.05) is 18.2 Å². The zero-order valence-electron chi connectivity index (χ0n) is 10.6. The molecule has 0 radical (unpaired) electrons. The number of hydrogen-bond acceptors (Lipinski definition) is 3. The Kier molecular flexibility index (Phi) is 4.03. The van der Waals surface area contributed by atoms with Crippen LogP contribution in [0.15, 0.2) is 54.9 Å². The van der Waals surface area contributed by atoms with Crippen LogP contribution in [-0.2, 0) is 11.3 Å². The van der Waals surface area contributed by atoms with Crippen molar-refractivity contribution in [3.05, 3.63) is 66.0 Å². The first-order valence-electron chi connectivity index (χ1n) is 5.87. The normalized spacial score (nSPS) is 9.95. The van der Waals surface area contributed by atoms with Crippen LogP contribution in [0.1, 0.15) is 20.7 Å². The van der Waals surface area contributed by atoms with E-state index in [1.165, 1.54) is 7.11 Å². The summed E-state index contributed by atoms with van der Waals surface area (Å²) in [5, 5.41) is 0. The topological polar surface area (TPSA) is 47.3 Å². The molecule has 1 heterocycles. The predicted octanol–water partition coefficient (Wildman–Crippen LogP) is 1.64. The highest BCUT2D eigenvalue weighted by atomic mass is 16.5. The highest BCUT2D eigenvalue weighted by Gasteiger charge is 2.19. The fourth-order valence-corrected chi connectivity index (χ4v) is 1.80. The van der Waals surface area contributed by atoms with Crippen LogP contribution in [0.5, 0.6) is 0 Å². The number of esters is 1. The highest BCUT2D eigenvalue weighted by molar-refractivity contribution is 6.05. The van der Waals surface area contributed by atoms with Crippen molar-refractivity contribution in [1.29, 1.82) is 0 Å². The third kappa shape index (κ3) is 3.04. The van der Waals surface area contributed by atoms with Crippen LogP contribution in [-0.4, -0.2) is 18.9 Å². The molecule has 0 saturated heterocycles. The van der Waals surface area contributed by atoms with Gasteiger partial charge < -0.3 is 4.74 Å². The molecule has 0 bridgehead atoms. The number of carbonyl (C=O) groups excluding carboxylic acids is 2. The van der Waals surface area contributed by atoms with Crippen molar-refractivity contribution < 1.29 is 18.9 Å². The molecule has 4 nitrogen and oxygen atoms in total. The number of ketones is 1. The van der Waals surface area contributed by atoms with Crippen LogP contribution in [0.2, 0.25) is 0 Å². The quantitative estimate of drug-likeness (QED) is 0.474. The molecule has 19 heavy (non-hydrogen) atoms. The second kappa shape index (κ2) is 5.91. The number of rotatable bonds is 4. The minimum absolute atomic E-state index is 0.128. The highest BCUT2D eigenvalue weighted by Crippen LogP contribution is 2.11. The van der Waals surface area contributed by atoms with E-state index in [4.69, 9.17) is 0 Å². The smallest absolute Gasteiger partial charge is 0.338 e. The first-order valence-corrected chi connectivity index (χ1v) is 5.87. The Morgan fingerprint density at radius 2 is 1.63 bits per heavy atom. The molecule has 0 atom stereocenters. The van der Waals surface area contributed by atoms with Gasteiger partial charge >= 0.3 is 5.97 Å². The van der Waals surface area contributed by atoms with Crippen LogP contribution < -0.4 is 4.57 Å². The second-order valence-electron chi connectivity index (χ2n) is 4.01. The van der Waals surface area contributed by atoms with Gasteiger partial charge in [-0.2, -0.15) is 4.57 Å². The summed E-state index contributed by atoms with van der Waals surface area (Å²) < 4.78 is 6.44. The van der Waals surface area contributed by atoms with Gasteiger partial charge in [0.1, 0.15) is 0 Å². The number of methoxy groups -OCH3 is 1. The van der Waals surface area contributed by atoms with Gasteiger partial charge in [0.2, 0.25) is 12.3 Å². The van der Waals surface area contributed by atoms with E-state index in [0.717, 1.165) is 0 Å². The van der Waals surface area contributed by atoms with E-state index in [1.54, 1.807) is 41.2 Å². The molecule has 1 aromatic heterocycles. The van der Waals surface area contributed by atoms with E-state index in [9.17, 15) is 9.59 Å². The number of benzene rings is 1. The van der Waals surface area contributed by atoms with Crippen LogP contribution >= 0.6 is 0 Å². The Morgan fingerprint density at radius 1 is 1.00 bits per heavy atom. The lowest BCUT2D eigenvalue weighted by Gasteiger charge is -2.05. The predicted molar refractivity (Wildman–Crippen MR) is 68.7 cm³/mol. The van der Waals surface area contributed by atoms with Crippen molar-refractivity contribution in [3.8, 4) is 0 Å². The average Bonchev–Trinajstić information content (AvgIpc) is 2.47. The fourth-order valence-electron chi connectivity index (χ4n) is 1.80. The Hall–Kier alpha value is -2.49. The van der Waals surface area contributed by atoms with Crippen LogP contribution in [0.25, 0.3) is 0 Å². The summed E-state index contributed by atoms with van der Waals surface area (Å²) in [6, 6.07) is 12.2. The lowest BCUT2D eigenvalue weighted by molar-refractivity contribution is -0.683. The van der Waals surface area contributed by atoms with Crippen molar-refractivity contribution in [1.82, 2.24) is 0 Å². The van der Waals surface area contributed by atoms with E-state index in [-0.39, 0.29) is 12.3 Å². The summed E-state index contributed by atoms with van der Waals surface area (Å²) in [7, 11) is 1.30. The monoisotopic (exact) mass is 256 g/mol. The maximum Gasteiger partial charge on any atom is 0.338 e. The zero-order valence-corrected chi connectivity index (χ0v) is 10.6.